The van der Waals surface area contributed by atoms with Crippen LogP contribution in [0.1, 0.15) is 16.7 Å². The van der Waals surface area contributed by atoms with Crippen molar-refractivity contribution in [3.63, 3.8) is 0 Å². The van der Waals surface area contributed by atoms with Crippen molar-refractivity contribution in [3.8, 4) is 5.75 Å². The van der Waals surface area contributed by atoms with Gasteiger partial charge in [0.1, 0.15) is 12.4 Å². The maximum Gasteiger partial charge on any atom is 0.339 e. The maximum absolute atomic E-state index is 12.0. The number of halogens is 3. The van der Waals surface area contributed by atoms with E-state index in [4.69, 9.17) is 27.9 Å². The van der Waals surface area contributed by atoms with Crippen molar-refractivity contribution < 1.29 is 9.53 Å². The molecule has 0 spiro atoms. The Labute approximate surface area is 198 Å². The Morgan fingerprint density at radius 3 is 2.67 bits per heavy atom. The molecule has 5 nitrogen and oxygen atoms in total. The molecule has 3 aromatic rings. The van der Waals surface area contributed by atoms with Crippen LogP contribution in [0, 0.1) is 10.5 Å². The van der Waals surface area contributed by atoms with E-state index in [2.05, 4.69) is 38.4 Å². The van der Waals surface area contributed by atoms with Gasteiger partial charge in [0.25, 0.3) is 0 Å². The van der Waals surface area contributed by atoms with Gasteiger partial charge in [-0.3, -0.25) is 0 Å². The van der Waals surface area contributed by atoms with Gasteiger partial charge in [0.15, 0.2) is 0 Å². The Bertz CT molecular complexity index is 1090. The van der Waals surface area contributed by atoms with Crippen molar-refractivity contribution >= 4 is 63.7 Å². The van der Waals surface area contributed by atoms with Crippen LogP contribution in [0.3, 0.4) is 0 Å². The van der Waals surface area contributed by atoms with Crippen LogP contribution in [0.4, 0.5) is 10.5 Å². The number of benzene rings is 3. The van der Waals surface area contributed by atoms with Gasteiger partial charge in [-0.25, -0.2) is 10.2 Å². The van der Waals surface area contributed by atoms with Crippen LogP contribution >= 0.6 is 45.8 Å². The molecular weight excluding hydrogens is 536 g/mol. The minimum absolute atomic E-state index is 0.333. The number of hydrogen-bond acceptors (Lipinski definition) is 3. The first-order chi connectivity index (χ1) is 14.4. The zero-order chi connectivity index (χ0) is 21.5. The SMILES string of the molecule is Cc1ccccc1NC(=O)NN=Cc1ccc(OCc2ccc(Cl)cc2Cl)c(I)c1. The van der Waals surface area contributed by atoms with Gasteiger partial charge in [-0.1, -0.05) is 47.5 Å². The van der Waals surface area contributed by atoms with E-state index in [-0.39, 0.29) is 0 Å². The summed E-state index contributed by atoms with van der Waals surface area (Å²) in [4.78, 5) is 12.0. The van der Waals surface area contributed by atoms with Crippen LogP contribution in [0.5, 0.6) is 5.75 Å². The van der Waals surface area contributed by atoms with Gasteiger partial charge in [-0.05, 0) is 77.0 Å². The normalized spacial score (nSPS) is 10.8. The number of aryl methyl sites for hydroxylation is 1. The fraction of sp³-hybridized carbons (Fsp3) is 0.0909. The second-order valence-corrected chi connectivity index (χ2v) is 8.36. The largest absolute Gasteiger partial charge is 0.488 e. The third-order valence-corrected chi connectivity index (χ3v) is 5.56. The van der Waals surface area contributed by atoms with Gasteiger partial charge in [-0.15, -0.1) is 0 Å². The first kappa shape index (κ1) is 22.4. The highest BCUT2D eigenvalue weighted by molar-refractivity contribution is 14.1. The molecule has 0 saturated heterocycles. The highest BCUT2D eigenvalue weighted by atomic mass is 127. The van der Waals surface area contributed by atoms with Crippen molar-refractivity contribution in [2.45, 2.75) is 13.5 Å². The van der Waals surface area contributed by atoms with Crippen molar-refractivity contribution in [2.24, 2.45) is 5.10 Å². The topological polar surface area (TPSA) is 62.7 Å². The van der Waals surface area contributed by atoms with Gasteiger partial charge < -0.3 is 10.1 Å². The van der Waals surface area contributed by atoms with E-state index in [1.165, 1.54) is 0 Å². The van der Waals surface area contributed by atoms with Crippen LogP contribution in [0.2, 0.25) is 10.0 Å². The zero-order valence-electron chi connectivity index (χ0n) is 16.0. The first-order valence-corrected chi connectivity index (χ1v) is 10.8. The predicted octanol–water partition coefficient (Wildman–Crippen LogP) is 6.64. The number of rotatable bonds is 6. The Morgan fingerprint density at radius 2 is 1.93 bits per heavy atom. The lowest BCUT2D eigenvalue weighted by Gasteiger charge is -2.10. The summed E-state index contributed by atoms with van der Waals surface area (Å²) < 4.78 is 6.77. The number of hydrogen-bond donors (Lipinski definition) is 2. The van der Waals surface area contributed by atoms with E-state index in [0.29, 0.717) is 16.7 Å². The number of carbonyl (C=O) groups is 1. The Morgan fingerprint density at radius 1 is 1.13 bits per heavy atom. The smallest absolute Gasteiger partial charge is 0.339 e. The summed E-state index contributed by atoms with van der Waals surface area (Å²) in [6.45, 7) is 2.26. The number of amides is 2. The third-order valence-electron chi connectivity index (χ3n) is 4.13. The van der Waals surface area contributed by atoms with Crippen LogP contribution in [-0.2, 0) is 6.61 Å². The number of nitrogens with zero attached hydrogens (tertiary/aromatic N) is 1. The fourth-order valence-electron chi connectivity index (χ4n) is 2.54. The highest BCUT2D eigenvalue weighted by Crippen LogP contribution is 2.25. The van der Waals surface area contributed by atoms with Gasteiger partial charge in [0.2, 0.25) is 0 Å². The summed E-state index contributed by atoms with van der Waals surface area (Å²) in [5, 5.41) is 7.90. The number of para-hydroxylation sites is 1. The molecule has 0 radical (unpaired) electrons. The predicted molar refractivity (Wildman–Crippen MR) is 131 cm³/mol. The Kier molecular flexibility index (Phi) is 7.95. The molecule has 0 atom stereocenters. The quantitative estimate of drug-likeness (QED) is 0.204. The molecular formula is C22H18Cl2IN3O2. The van der Waals surface area contributed by atoms with Crippen molar-refractivity contribution in [3.05, 3.63) is 91.0 Å². The van der Waals surface area contributed by atoms with E-state index in [1.54, 1.807) is 18.3 Å². The van der Waals surface area contributed by atoms with Gasteiger partial charge in [0, 0.05) is 21.3 Å². The van der Waals surface area contributed by atoms with Crippen LogP contribution in [0.25, 0.3) is 0 Å². The number of hydrazone groups is 1. The summed E-state index contributed by atoms with van der Waals surface area (Å²) >= 11 is 14.3. The lowest BCUT2D eigenvalue weighted by molar-refractivity contribution is 0.252. The van der Waals surface area contributed by atoms with E-state index in [9.17, 15) is 4.79 Å². The monoisotopic (exact) mass is 553 g/mol. The summed E-state index contributed by atoms with van der Waals surface area (Å²) in [7, 11) is 0. The molecule has 30 heavy (non-hydrogen) atoms. The number of ether oxygens (including phenoxy) is 1. The molecule has 2 amide bonds. The standard InChI is InChI=1S/C22H18Cl2IN3O2/c1-14-4-2-3-5-20(14)27-22(29)28-26-12-15-6-9-21(19(25)10-15)30-13-16-7-8-17(23)11-18(16)24/h2-12H,13H2,1H3,(H2,27,28,29). The molecule has 0 aliphatic heterocycles. The summed E-state index contributed by atoms with van der Waals surface area (Å²) in [5.74, 6) is 0.726. The Hall–Kier alpha value is -2.29. The minimum atomic E-state index is -0.407. The molecule has 0 saturated carbocycles. The van der Waals surface area contributed by atoms with Crippen molar-refractivity contribution in [2.75, 3.05) is 5.32 Å². The average Bonchev–Trinajstić information content (AvgIpc) is 2.70. The molecule has 0 aromatic heterocycles. The molecule has 0 fully saturated rings. The highest BCUT2D eigenvalue weighted by Gasteiger charge is 2.06. The molecule has 154 valence electrons. The van der Waals surface area contributed by atoms with E-state index in [1.807, 2.05) is 55.5 Å². The molecule has 0 heterocycles. The van der Waals surface area contributed by atoms with E-state index < -0.39 is 6.03 Å². The molecule has 0 bridgehead atoms. The molecule has 0 aliphatic carbocycles. The lowest BCUT2D eigenvalue weighted by Crippen LogP contribution is -2.24. The molecule has 0 aliphatic rings. The average molecular weight is 554 g/mol. The number of nitrogens with one attached hydrogen (secondary N) is 2. The second kappa shape index (κ2) is 10.7. The van der Waals surface area contributed by atoms with Crippen molar-refractivity contribution in [1.29, 1.82) is 0 Å². The van der Waals surface area contributed by atoms with E-state index in [0.717, 1.165) is 31.7 Å². The molecule has 8 heteroatoms. The number of anilines is 1. The van der Waals surface area contributed by atoms with Crippen molar-refractivity contribution in [1.82, 2.24) is 5.43 Å². The molecule has 3 aromatic carbocycles. The zero-order valence-corrected chi connectivity index (χ0v) is 19.6. The molecule has 3 rings (SSSR count). The molecule has 2 N–H and O–H groups in total. The van der Waals surface area contributed by atoms with Gasteiger partial charge >= 0.3 is 6.03 Å². The van der Waals surface area contributed by atoms with Crippen LogP contribution in [0.15, 0.2) is 65.8 Å². The van der Waals surface area contributed by atoms with Gasteiger partial charge in [0.05, 0.1) is 9.78 Å². The molecule has 0 unspecified atom stereocenters. The summed E-state index contributed by atoms with van der Waals surface area (Å²) in [6.07, 6.45) is 1.57. The summed E-state index contributed by atoms with van der Waals surface area (Å²) in [6, 6.07) is 18.0. The number of carbonyl (C=O) groups excluding carboxylic acids is 1. The first-order valence-electron chi connectivity index (χ1n) is 8.94. The van der Waals surface area contributed by atoms with Gasteiger partial charge in [-0.2, -0.15) is 5.10 Å². The lowest BCUT2D eigenvalue weighted by atomic mass is 10.2. The van der Waals surface area contributed by atoms with E-state index >= 15 is 0 Å². The fourth-order valence-corrected chi connectivity index (χ4v) is 3.70. The summed E-state index contributed by atoms with van der Waals surface area (Å²) in [5.41, 5.74) is 5.85. The maximum atomic E-state index is 12.0. The van der Waals surface area contributed by atoms with Crippen LogP contribution in [-0.4, -0.2) is 12.2 Å². The van der Waals surface area contributed by atoms with Crippen LogP contribution < -0.4 is 15.5 Å². The second-order valence-electron chi connectivity index (χ2n) is 6.35. The Balaban J connectivity index is 1.55. The number of urea groups is 1. The minimum Gasteiger partial charge on any atom is -0.488 e. The third kappa shape index (κ3) is 6.35.